The topological polar surface area (TPSA) is 156 Å². The monoisotopic (exact) mass is 511 g/mol. The fourth-order valence-electron chi connectivity index (χ4n) is 3.63. The van der Waals surface area contributed by atoms with E-state index in [1.807, 2.05) is 60.7 Å². The van der Waals surface area contributed by atoms with Crippen LogP contribution in [-0.4, -0.2) is 38.6 Å². The van der Waals surface area contributed by atoms with Gasteiger partial charge in [-0.15, -0.1) is 0 Å². The Morgan fingerprint density at radius 3 is 2.16 bits per heavy atom. The lowest BCUT2D eigenvalue weighted by atomic mass is 9.97. The van der Waals surface area contributed by atoms with Gasteiger partial charge in [-0.2, -0.15) is 15.2 Å². The van der Waals surface area contributed by atoms with Crippen molar-refractivity contribution in [1.82, 2.24) is 10.4 Å². The van der Waals surface area contributed by atoms with Crippen LogP contribution in [0.25, 0.3) is 0 Å². The van der Waals surface area contributed by atoms with Gasteiger partial charge in [0.1, 0.15) is 6.04 Å². The Hall–Kier alpha value is -5.52. The van der Waals surface area contributed by atoms with Gasteiger partial charge in [0, 0.05) is 23.9 Å². The molecule has 0 aromatic heterocycles. The van der Waals surface area contributed by atoms with E-state index in [1.165, 1.54) is 6.21 Å². The van der Waals surface area contributed by atoms with E-state index in [1.54, 1.807) is 19.1 Å². The Labute approximate surface area is 216 Å². The molecule has 0 spiro atoms. The van der Waals surface area contributed by atoms with Gasteiger partial charge in [-0.05, 0) is 18.6 Å². The van der Waals surface area contributed by atoms with Gasteiger partial charge in [0.15, 0.2) is 0 Å². The Kier molecular flexibility index (Phi) is 7.72. The Balaban J connectivity index is 1.81. The predicted molar refractivity (Wildman–Crippen MR) is 142 cm³/mol. The molecule has 3 aromatic rings. The molecule has 12 heteroatoms. The second-order valence-corrected chi connectivity index (χ2v) is 7.90. The first-order valence-electron chi connectivity index (χ1n) is 11.3. The van der Waals surface area contributed by atoms with E-state index >= 15 is 0 Å². The molecule has 4 rings (SSSR count). The van der Waals surface area contributed by atoms with Crippen molar-refractivity contribution in [3.8, 4) is 0 Å². The molecule has 0 radical (unpaired) electrons. The molecule has 0 saturated heterocycles. The summed E-state index contributed by atoms with van der Waals surface area (Å²) in [6.07, 6.45) is 4.56. The highest BCUT2D eigenvalue weighted by atomic mass is 16.6. The summed E-state index contributed by atoms with van der Waals surface area (Å²) in [5, 5.41) is 32.3. The second kappa shape index (κ2) is 11.5. The van der Waals surface area contributed by atoms with Crippen molar-refractivity contribution in [1.29, 1.82) is 0 Å². The lowest BCUT2D eigenvalue weighted by molar-refractivity contribution is -0.394. The number of nitrogens with zero attached hydrogens (tertiary/aromatic N) is 6. The number of guanidine groups is 1. The van der Waals surface area contributed by atoms with Crippen LogP contribution in [0.5, 0.6) is 0 Å². The van der Waals surface area contributed by atoms with Crippen LogP contribution in [0, 0.1) is 20.2 Å². The van der Waals surface area contributed by atoms with E-state index in [9.17, 15) is 25.0 Å². The SMILES string of the molecule is C/C=C/C=N/N(C(=O)c1cc([N+](=O)[O-])cc([N+](=O)[O-])c1)C1=NC(c2ccccc2)C(c2ccccc2)=NN1. The molecule has 12 nitrogen and oxygen atoms in total. The number of amides is 1. The third-order valence-electron chi connectivity index (χ3n) is 5.40. The quantitative estimate of drug-likeness (QED) is 0.277. The molecule has 38 heavy (non-hydrogen) atoms. The molecule has 1 amide bonds. The summed E-state index contributed by atoms with van der Waals surface area (Å²) in [5.74, 6) is -0.951. The number of carbonyl (C=O) groups is 1. The number of carbonyl (C=O) groups excluding carboxylic acids is 1. The maximum atomic E-state index is 13.6. The zero-order chi connectivity index (χ0) is 27.1. The molecule has 3 aromatic carbocycles. The molecule has 1 unspecified atom stereocenters. The standard InChI is InChI=1S/C26H21N7O5/c1-2-3-14-27-31(25(34)20-15-21(32(35)36)17-22(16-20)33(37)38)26-28-23(18-10-6-4-7-11-18)24(29-30-26)19-12-8-5-9-13-19/h2-17,23H,1H3,(H,28,30)/b3-2+,27-14+. The predicted octanol–water partition coefficient (Wildman–Crippen LogP) is 4.61. The molecule has 1 heterocycles. The van der Waals surface area contributed by atoms with Gasteiger partial charge in [0.2, 0.25) is 5.96 Å². The lowest BCUT2D eigenvalue weighted by Crippen LogP contribution is -2.43. The minimum absolute atomic E-state index is 0.0709. The van der Waals surface area contributed by atoms with Crippen molar-refractivity contribution in [2.75, 3.05) is 0 Å². The zero-order valence-electron chi connectivity index (χ0n) is 20.0. The first-order chi connectivity index (χ1) is 18.4. The van der Waals surface area contributed by atoms with E-state index in [2.05, 4.69) is 15.6 Å². The summed E-state index contributed by atoms with van der Waals surface area (Å²) < 4.78 is 0. The van der Waals surface area contributed by atoms with Crippen LogP contribution in [-0.2, 0) is 0 Å². The van der Waals surface area contributed by atoms with Gasteiger partial charge in [-0.1, -0.05) is 66.7 Å². The Morgan fingerprint density at radius 2 is 1.58 bits per heavy atom. The van der Waals surface area contributed by atoms with Crippen LogP contribution in [0.15, 0.2) is 106 Å². The number of hydrazone groups is 2. The summed E-state index contributed by atoms with van der Waals surface area (Å²) in [5.41, 5.74) is 3.42. The van der Waals surface area contributed by atoms with Crippen LogP contribution in [0.2, 0.25) is 0 Å². The van der Waals surface area contributed by atoms with Crippen LogP contribution in [0.4, 0.5) is 11.4 Å². The molecule has 0 fully saturated rings. The summed E-state index contributed by atoms with van der Waals surface area (Å²) >= 11 is 0. The largest absolute Gasteiger partial charge is 0.281 e. The molecule has 1 N–H and O–H groups in total. The number of non-ortho nitro benzene ring substituents is 2. The molecule has 1 aliphatic rings. The molecule has 0 saturated carbocycles. The number of aliphatic imine (C=N–C) groups is 1. The summed E-state index contributed by atoms with van der Waals surface area (Å²) in [7, 11) is 0. The van der Waals surface area contributed by atoms with Crippen molar-refractivity contribution >= 4 is 35.2 Å². The van der Waals surface area contributed by atoms with E-state index in [0.29, 0.717) is 5.71 Å². The normalized spacial score (nSPS) is 15.0. The highest BCUT2D eigenvalue weighted by Gasteiger charge is 2.31. The molecule has 1 atom stereocenters. The Bertz CT molecular complexity index is 1450. The van der Waals surface area contributed by atoms with Gasteiger partial charge in [-0.25, -0.2) is 10.4 Å². The number of benzene rings is 3. The van der Waals surface area contributed by atoms with E-state index in [4.69, 9.17) is 4.99 Å². The zero-order valence-corrected chi connectivity index (χ0v) is 20.0. The highest BCUT2D eigenvalue weighted by Crippen LogP contribution is 2.27. The Morgan fingerprint density at radius 1 is 0.974 bits per heavy atom. The number of nitro groups is 2. The van der Waals surface area contributed by atoms with E-state index in [-0.39, 0.29) is 11.5 Å². The third-order valence-corrected chi connectivity index (χ3v) is 5.40. The van der Waals surface area contributed by atoms with Crippen LogP contribution < -0.4 is 5.43 Å². The van der Waals surface area contributed by atoms with Crippen molar-refractivity contribution in [3.05, 3.63) is 128 Å². The smallest absolute Gasteiger partial charge is 0.267 e. The van der Waals surface area contributed by atoms with Gasteiger partial charge in [0.25, 0.3) is 17.3 Å². The molecule has 190 valence electrons. The fourth-order valence-corrected chi connectivity index (χ4v) is 3.63. The molecule has 0 bridgehead atoms. The number of nitro benzene ring substituents is 2. The van der Waals surface area contributed by atoms with Crippen molar-refractivity contribution in [2.45, 2.75) is 13.0 Å². The molecular weight excluding hydrogens is 490 g/mol. The minimum atomic E-state index is -0.881. The number of hydrogen-bond acceptors (Lipinski definition) is 9. The number of nitrogens with one attached hydrogen (secondary N) is 1. The van der Waals surface area contributed by atoms with Gasteiger partial charge >= 0.3 is 0 Å². The molecule has 0 aliphatic carbocycles. The first kappa shape index (κ1) is 25.6. The van der Waals surface area contributed by atoms with Gasteiger partial charge in [0.05, 0.1) is 27.2 Å². The van der Waals surface area contributed by atoms with Crippen molar-refractivity contribution in [2.24, 2.45) is 15.2 Å². The molecular formula is C26H21N7O5. The van der Waals surface area contributed by atoms with Crippen LogP contribution >= 0.6 is 0 Å². The van der Waals surface area contributed by atoms with Gasteiger partial charge < -0.3 is 0 Å². The maximum absolute atomic E-state index is 13.6. The van der Waals surface area contributed by atoms with Crippen LogP contribution in [0.1, 0.15) is 34.5 Å². The number of rotatable bonds is 7. The third kappa shape index (κ3) is 5.65. The average molecular weight is 511 g/mol. The van der Waals surface area contributed by atoms with E-state index in [0.717, 1.165) is 34.3 Å². The summed E-state index contributed by atoms with van der Waals surface area (Å²) in [6, 6.07) is 20.7. The first-order valence-corrected chi connectivity index (χ1v) is 11.3. The summed E-state index contributed by atoms with van der Waals surface area (Å²) in [4.78, 5) is 39.4. The maximum Gasteiger partial charge on any atom is 0.281 e. The highest BCUT2D eigenvalue weighted by molar-refractivity contribution is 6.11. The lowest BCUT2D eigenvalue weighted by Gasteiger charge is -2.26. The minimum Gasteiger partial charge on any atom is -0.267 e. The summed E-state index contributed by atoms with van der Waals surface area (Å²) in [6.45, 7) is 1.75. The van der Waals surface area contributed by atoms with Crippen molar-refractivity contribution < 1.29 is 14.6 Å². The average Bonchev–Trinajstić information content (AvgIpc) is 2.95. The molecule has 1 aliphatic heterocycles. The second-order valence-electron chi connectivity index (χ2n) is 7.90. The van der Waals surface area contributed by atoms with Crippen molar-refractivity contribution in [3.63, 3.8) is 0 Å². The fraction of sp³-hybridized carbons (Fsp3) is 0.0769. The number of allylic oxidation sites excluding steroid dienone is 2. The van der Waals surface area contributed by atoms with E-state index < -0.39 is 33.2 Å². The number of hydrogen-bond donors (Lipinski definition) is 1. The van der Waals surface area contributed by atoms with Gasteiger partial charge in [-0.3, -0.25) is 25.0 Å². The van der Waals surface area contributed by atoms with Crippen LogP contribution in [0.3, 0.4) is 0 Å².